The highest BCUT2D eigenvalue weighted by atomic mass is 79.9. The molecule has 0 saturated carbocycles. The summed E-state index contributed by atoms with van der Waals surface area (Å²) in [7, 11) is 0. The highest BCUT2D eigenvalue weighted by Gasteiger charge is 2.03. The number of nitrogens with zero attached hydrogens (tertiary/aromatic N) is 2. The maximum Gasteiger partial charge on any atom is 0.101 e. The molecule has 0 fully saturated rings. The van der Waals surface area contributed by atoms with E-state index >= 15 is 0 Å². The van der Waals surface area contributed by atoms with E-state index in [0.717, 1.165) is 10.2 Å². The van der Waals surface area contributed by atoms with Gasteiger partial charge >= 0.3 is 0 Å². The van der Waals surface area contributed by atoms with Crippen LogP contribution in [-0.2, 0) is 0 Å². The molecule has 0 aliphatic heterocycles. The minimum Gasteiger partial charge on any atom is -0.353 e. The average Bonchev–Trinajstić information content (AvgIpc) is 2.34. The van der Waals surface area contributed by atoms with Crippen LogP contribution in [0.2, 0.25) is 5.02 Å². The number of hydrogen-bond acceptors (Lipinski definition) is 3. The Bertz CT molecular complexity index is 593. The molecule has 0 unspecified atom stereocenters. The van der Waals surface area contributed by atoms with Gasteiger partial charge in [-0.1, -0.05) is 11.6 Å². The van der Waals surface area contributed by atoms with Crippen molar-refractivity contribution in [1.29, 1.82) is 5.26 Å². The van der Waals surface area contributed by atoms with Crippen molar-refractivity contribution in [2.45, 2.75) is 0 Å². The lowest BCUT2D eigenvalue weighted by atomic mass is 10.2. The van der Waals surface area contributed by atoms with Crippen molar-refractivity contribution < 1.29 is 0 Å². The number of anilines is 2. The molecule has 1 N–H and O–H groups in total. The third-order valence-corrected chi connectivity index (χ3v) is 3.37. The third-order valence-electron chi connectivity index (χ3n) is 2.14. The number of aromatic nitrogens is 1. The summed E-state index contributed by atoms with van der Waals surface area (Å²) in [5.41, 5.74) is 2.01. The SMILES string of the molecule is N#Cc1ccncc1Nc1ccc(Br)c(Cl)c1. The summed E-state index contributed by atoms with van der Waals surface area (Å²) in [6, 6.07) is 9.24. The second-order valence-corrected chi connectivity index (χ2v) is 4.55. The molecule has 0 atom stereocenters. The monoisotopic (exact) mass is 307 g/mol. The van der Waals surface area contributed by atoms with E-state index in [1.807, 2.05) is 12.1 Å². The molecule has 0 aliphatic rings. The van der Waals surface area contributed by atoms with Gasteiger partial charge in [-0.15, -0.1) is 0 Å². The minimum atomic E-state index is 0.541. The first-order valence-electron chi connectivity index (χ1n) is 4.77. The van der Waals surface area contributed by atoms with E-state index in [1.54, 1.807) is 24.5 Å². The number of benzene rings is 1. The number of nitriles is 1. The normalized spacial score (nSPS) is 9.71. The molecule has 2 aromatic rings. The van der Waals surface area contributed by atoms with Crippen molar-refractivity contribution in [3.05, 3.63) is 51.7 Å². The molecule has 0 bridgehead atoms. The van der Waals surface area contributed by atoms with Crippen molar-refractivity contribution in [3.63, 3.8) is 0 Å². The molecule has 0 amide bonds. The fraction of sp³-hybridized carbons (Fsp3) is 0. The van der Waals surface area contributed by atoms with Crippen LogP contribution in [-0.4, -0.2) is 4.98 Å². The first kappa shape index (κ1) is 11.9. The van der Waals surface area contributed by atoms with Gasteiger partial charge in [-0.25, -0.2) is 0 Å². The summed E-state index contributed by atoms with van der Waals surface area (Å²) >= 11 is 9.30. The van der Waals surface area contributed by atoms with Gasteiger partial charge in [0.15, 0.2) is 0 Å². The Morgan fingerprint density at radius 1 is 1.35 bits per heavy atom. The van der Waals surface area contributed by atoms with Crippen LogP contribution in [0.15, 0.2) is 41.1 Å². The van der Waals surface area contributed by atoms with Gasteiger partial charge in [0.1, 0.15) is 6.07 Å². The van der Waals surface area contributed by atoms with E-state index in [-0.39, 0.29) is 0 Å². The predicted molar refractivity (Wildman–Crippen MR) is 71.4 cm³/mol. The Morgan fingerprint density at radius 2 is 2.18 bits per heavy atom. The van der Waals surface area contributed by atoms with E-state index < -0.39 is 0 Å². The highest BCUT2D eigenvalue weighted by molar-refractivity contribution is 9.10. The smallest absolute Gasteiger partial charge is 0.101 e. The Hall–Kier alpha value is -1.57. The van der Waals surface area contributed by atoms with Crippen LogP contribution in [0.4, 0.5) is 11.4 Å². The second kappa shape index (κ2) is 5.17. The fourth-order valence-corrected chi connectivity index (χ4v) is 1.75. The van der Waals surface area contributed by atoms with Gasteiger partial charge in [0.2, 0.25) is 0 Å². The molecule has 2 rings (SSSR count). The maximum absolute atomic E-state index is 8.94. The number of hydrogen-bond donors (Lipinski definition) is 1. The molecule has 0 saturated heterocycles. The average molecular weight is 309 g/mol. The summed E-state index contributed by atoms with van der Waals surface area (Å²) in [4.78, 5) is 3.97. The Kier molecular flexibility index (Phi) is 3.62. The molecular formula is C12H7BrClN3. The Balaban J connectivity index is 2.32. The van der Waals surface area contributed by atoms with Crippen molar-refractivity contribution >= 4 is 38.9 Å². The van der Waals surface area contributed by atoms with Gasteiger partial charge in [0, 0.05) is 16.4 Å². The quantitative estimate of drug-likeness (QED) is 0.908. The van der Waals surface area contributed by atoms with Crippen molar-refractivity contribution in [2.75, 3.05) is 5.32 Å². The lowest BCUT2D eigenvalue weighted by molar-refractivity contribution is 1.30. The summed E-state index contributed by atoms with van der Waals surface area (Å²) < 4.78 is 0.830. The standard InChI is InChI=1S/C12H7BrClN3/c13-10-2-1-9(5-11(10)14)17-12-7-16-4-3-8(12)6-15/h1-5,7,17H. The van der Waals surface area contributed by atoms with Crippen molar-refractivity contribution in [1.82, 2.24) is 4.98 Å². The number of nitrogens with one attached hydrogen (secondary N) is 1. The zero-order chi connectivity index (χ0) is 12.3. The molecule has 1 aromatic carbocycles. The van der Waals surface area contributed by atoms with E-state index in [0.29, 0.717) is 16.3 Å². The molecular weight excluding hydrogens is 302 g/mol. The third kappa shape index (κ3) is 2.76. The number of rotatable bonds is 2. The zero-order valence-electron chi connectivity index (χ0n) is 8.61. The van der Waals surface area contributed by atoms with Crippen LogP contribution in [0.25, 0.3) is 0 Å². The van der Waals surface area contributed by atoms with Gasteiger partial charge in [-0.2, -0.15) is 5.26 Å². The van der Waals surface area contributed by atoms with Gasteiger partial charge in [0.05, 0.1) is 22.5 Å². The summed E-state index contributed by atoms with van der Waals surface area (Å²) in [6.45, 7) is 0. The van der Waals surface area contributed by atoms with Crippen LogP contribution >= 0.6 is 27.5 Å². The van der Waals surface area contributed by atoms with E-state index in [4.69, 9.17) is 16.9 Å². The lowest BCUT2D eigenvalue weighted by Crippen LogP contribution is -1.94. The molecule has 5 heteroatoms. The number of pyridine rings is 1. The van der Waals surface area contributed by atoms with Crippen LogP contribution in [0.5, 0.6) is 0 Å². The van der Waals surface area contributed by atoms with Gasteiger partial charge in [0.25, 0.3) is 0 Å². The maximum atomic E-state index is 8.94. The molecule has 1 heterocycles. The summed E-state index contributed by atoms with van der Waals surface area (Å²) in [5, 5.41) is 12.7. The summed E-state index contributed by atoms with van der Waals surface area (Å²) in [5.74, 6) is 0. The zero-order valence-corrected chi connectivity index (χ0v) is 11.0. The van der Waals surface area contributed by atoms with E-state index in [1.165, 1.54) is 0 Å². The van der Waals surface area contributed by atoms with Crippen molar-refractivity contribution in [3.8, 4) is 6.07 Å². The van der Waals surface area contributed by atoms with Crippen LogP contribution in [0.3, 0.4) is 0 Å². The minimum absolute atomic E-state index is 0.541. The topological polar surface area (TPSA) is 48.7 Å². The number of halogens is 2. The summed E-state index contributed by atoms with van der Waals surface area (Å²) in [6.07, 6.45) is 3.19. The second-order valence-electron chi connectivity index (χ2n) is 3.29. The van der Waals surface area contributed by atoms with Gasteiger partial charge < -0.3 is 5.32 Å². The molecule has 0 radical (unpaired) electrons. The van der Waals surface area contributed by atoms with E-state index in [2.05, 4.69) is 32.3 Å². The molecule has 84 valence electrons. The fourth-order valence-electron chi connectivity index (χ4n) is 1.32. The first-order chi connectivity index (χ1) is 8.20. The van der Waals surface area contributed by atoms with E-state index in [9.17, 15) is 0 Å². The van der Waals surface area contributed by atoms with Crippen LogP contribution in [0.1, 0.15) is 5.56 Å². The van der Waals surface area contributed by atoms with Crippen molar-refractivity contribution in [2.24, 2.45) is 0 Å². The van der Waals surface area contributed by atoms with Gasteiger partial charge in [-0.05, 0) is 40.2 Å². The van der Waals surface area contributed by atoms with Crippen LogP contribution < -0.4 is 5.32 Å². The molecule has 1 aromatic heterocycles. The molecule has 17 heavy (non-hydrogen) atoms. The first-order valence-corrected chi connectivity index (χ1v) is 5.94. The predicted octanol–water partition coefficient (Wildman–Crippen LogP) is 4.11. The van der Waals surface area contributed by atoms with Gasteiger partial charge in [-0.3, -0.25) is 4.98 Å². The largest absolute Gasteiger partial charge is 0.353 e. The molecule has 3 nitrogen and oxygen atoms in total. The van der Waals surface area contributed by atoms with Crippen LogP contribution in [0, 0.1) is 11.3 Å². The molecule has 0 aliphatic carbocycles. The highest BCUT2D eigenvalue weighted by Crippen LogP contribution is 2.27. The Labute approximate surface area is 112 Å². The molecule has 0 spiro atoms. The lowest BCUT2D eigenvalue weighted by Gasteiger charge is -2.08. The Morgan fingerprint density at radius 3 is 2.88 bits per heavy atom.